The number of carbonyl (C=O) groups is 4. The highest BCUT2D eigenvalue weighted by Crippen LogP contribution is 2.16. The molecule has 0 aliphatic carbocycles. The lowest BCUT2D eigenvalue weighted by molar-refractivity contribution is -0.139. The Bertz CT molecular complexity index is 761. The van der Waals surface area contributed by atoms with Crippen molar-refractivity contribution in [2.24, 2.45) is 15.4 Å². The van der Waals surface area contributed by atoms with Gasteiger partial charge in [0.05, 0.1) is 5.69 Å². The summed E-state index contributed by atoms with van der Waals surface area (Å²) in [5.41, 5.74) is 5.69. The van der Waals surface area contributed by atoms with E-state index >= 15 is 0 Å². The lowest BCUT2D eigenvalue weighted by Crippen LogP contribution is -2.49. The highest BCUT2D eigenvalue weighted by atomic mass is 32.2. The predicted octanol–water partition coefficient (Wildman–Crippen LogP) is 0.435. The van der Waals surface area contributed by atoms with Crippen molar-refractivity contribution >= 4 is 41.4 Å². The van der Waals surface area contributed by atoms with Crippen LogP contribution in [-0.4, -0.2) is 58.3 Å². The number of carboxylic acid groups (broad SMARTS) is 2. The van der Waals surface area contributed by atoms with Crippen molar-refractivity contribution in [1.29, 1.82) is 0 Å². The maximum absolute atomic E-state index is 12.8. The zero-order chi connectivity index (χ0) is 21.8. The van der Waals surface area contributed by atoms with Gasteiger partial charge in [-0.2, -0.15) is 0 Å². The van der Waals surface area contributed by atoms with Gasteiger partial charge in [-0.3, -0.25) is 19.2 Å². The molecule has 0 bridgehead atoms. The molecule has 2 amide bonds. The largest absolute Gasteiger partial charge is 0.480 e. The first-order valence-corrected chi connectivity index (χ1v) is 9.19. The minimum absolute atomic E-state index is 0.0765. The number of benzene rings is 1. The lowest BCUT2D eigenvalue weighted by Gasteiger charge is -2.17. The van der Waals surface area contributed by atoms with E-state index in [2.05, 4.69) is 20.3 Å². The van der Waals surface area contributed by atoms with Crippen LogP contribution in [0.25, 0.3) is 0 Å². The van der Waals surface area contributed by atoms with Crippen molar-refractivity contribution in [2.75, 3.05) is 12.3 Å². The van der Waals surface area contributed by atoms with Gasteiger partial charge in [0, 0.05) is 24.1 Å². The van der Waals surface area contributed by atoms with Gasteiger partial charge >= 0.3 is 11.9 Å². The van der Waals surface area contributed by atoms with Crippen LogP contribution in [0.2, 0.25) is 0 Å². The molecular weight excluding hydrogens is 408 g/mol. The van der Waals surface area contributed by atoms with Gasteiger partial charge < -0.3 is 26.6 Å². The number of aliphatic carboxylic acids is 2. The molecule has 0 heterocycles. The fraction of sp³-hybridized carbons (Fsp3) is 0.375. The molecule has 0 fully saturated rings. The molecule has 0 saturated carbocycles. The highest BCUT2D eigenvalue weighted by molar-refractivity contribution is 7.97. The second-order valence-corrected chi connectivity index (χ2v) is 6.42. The van der Waals surface area contributed by atoms with E-state index in [1.165, 1.54) is 24.3 Å². The first-order valence-electron chi connectivity index (χ1n) is 8.25. The van der Waals surface area contributed by atoms with E-state index in [-0.39, 0.29) is 18.6 Å². The van der Waals surface area contributed by atoms with Gasteiger partial charge in [-0.25, -0.2) is 4.39 Å². The number of hydrogen-bond donors (Lipinski definition) is 5. The number of amides is 2. The van der Waals surface area contributed by atoms with Crippen LogP contribution in [0, 0.1) is 5.82 Å². The standard InChI is InChI=1S/C16H20FN5O6S/c17-9-1-3-10(4-2-9)21-22-29-8-12(15(26)19-7-14(24)25)20-13(23)6-5-11(18)16(27)28/h1-4,11-12H,5-8,18H2,(H,19,26)(H,20,23)(H,24,25)(H,27,28)/t11-,12-/m0/s1/i17-1. The molecule has 0 radical (unpaired) electrons. The second kappa shape index (κ2) is 12.4. The van der Waals surface area contributed by atoms with Crippen LogP contribution in [0.5, 0.6) is 0 Å². The van der Waals surface area contributed by atoms with E-state index in [0.29, 0.717) is 5.69 Å². The molecule has 1 aromatic carbocycles. The molecule has 0 unspecified atom stereocenters. The van der Waals surface area contributed by atoms with Crippen molar-refractivity contribution in [3.05, 3.63) is 30.1 Å². The summed E-state index contributed by atoms with van der Waals surface area (Å²) in [6.07, 6.45) is -0.375. The minimum Gasteiger partial charge on any atom is -0.480 e. The van der Waals surface area contributed by atoms with Gasteiger partial charge in [0.1, 0.15) is 24.4 Å². The maximum atomic E-state index is 12.8. The summed E-state index contributed by atoms with van der Waals surface area (Å²) in [7, 11) is 0. The Balaban J connectivity index is 2.63. The minimum atomic E-state index is -1.26. The number of nitrogens with two attached hydrogens (primary N) is 1. The van der Waals surface area contributed by atoms with Crippen LogP contribution in [-0.2, 0) is 19.2 Å². The Morgan fingerprint density at radius 1 is 1.17 bits per heavy atom. The van der Waals surface area contributed by atoms with Crippen molar-refractivity contribution in [3.63, 3.8) is 0 Å². The van der Waals surface area contributed by atoms with Crippen molar-refractivity contribution < 1.29 is 33.8 Å². The van der Waals surface area contributed by atoms with Crippen LogP contribution in [0.3, 0.4) is 0 Å². The van der Waals surface area contributed by atoms with Gasteiger partial charge in [-0.05, 0) is 30.7 Å². The Hall–Kier alpha value is -3.06. The van der Waals surface area contributed by atoms with Crippen LogP contribution in [0.1, 0.15) is 12.8 Å². The average Bonchev–Trinajstić information content (AvgIpc) is 2.67. The second-order valence-electron chi connectivity index (χ2n) is 5.67. The Kier molecular flexibility index (Phi) is 10.3. The van der Waals surface area contributed by atoms with Crippen LogP contribution in [0.15, 0.2) is 33.9 Å². The number of nitrogens with zero attached hydrogens (tertiary/aromatic N) is 2. The van der Waals surface area contributed by atoms with Gasteiger partial charge in [-0.1, -0.05) is 0 Å². The van der Waals surface area contributed by atoms with Gasteiger partial charge in [0.25, 0.3) is 0 Å². The van der Waals surface area contributed by atoms with E-state index in [1.807, 2.05) is 0 Å². The number of carboxylic acids is 2. The molecule has 2 atom stereocenters. The summed E-state index contributed by atoms with van der Waals surface area (Å²) in [6, 6.07) is 2.82. The summed E-state index contributed by atoms with van der Waals surface area (Å²) in [5.74, 6) is -4.42. The van der Waals surface area contributed by atoms with E-state index in [1.54, 1.807) is 0 Å². The van der Waals surface area contributed by atoms with E-state index in [9.17, 15) is 23.6 Å². The fourth-order valence-corrected chi connectivity index (χ4v) is 2.44. The first-order chi connectivity index (χ1) is 13.7. The zero-order valence-electron chi connectivity index (χ0n) is 15.1. The number of rotatable bonds is 12. The monoisotopic (exact) mass is 428 g/mol. The summed E-state index contributed by atoms with van der Waals surface area (Å²) in [6.45, 7) is -0.642. The van der Waals surface area contributed by atoms with Crippen LogP contribution < -0.4 is 16.4 Å². The molecule has 13 heteroatoms. The molecule has 11 nitrogen and oxygen atoms in total. The topological polar surface area (TPSA) is 184 Å². The van der Waals surface area contributed by atoms with Crippen molar-refractivity contribution in [3.8, 4) is 0 Å². The Morgan fingerprint density at radius 2 is 1.83 bits per heavy atom. The van der Waals surface area contributed by atoms with Crippen molar-refractivity contribution in [2.45, 2.75) is 24.9 Å². The Morgan fingerprint density at radius 3 is 2.41 bits per heavy atom. The third-order valence-corrected chi connectivity index (χ3v) is 4.03. The molecule has 29 heavy (non-hydrogen) atoms. The molecule has 158 valence electrons. The number of carbonyl (C=O) groups excluding carboxylic acids is 2. The summed E-state index contributed by atoms with van der Waals surface area (Å²) in [5, 5.41) is 25.7. The predicted molar refractivity (Wildman–Crippen MR) is 101 cm³/mol. The molecule has 0 aromatic heterocycles. The van der Waals surface area contributed by atoms with Gasteiger partial charge in [0.2, 0.25) is 11.8 Å². The van der Waals surface area contributed by atoms with Gasteiger partial charge in [0.15, 0.2) is 0 Å². The molecular formula is C16H20FN5O6S. The van der Waals surface area contributed by atoms with Crippen LogP contribution >= 0.6 is 11.9 Å². The average molecular weight is 428 g/mol. The molecule has 1 rings (SSSR count). The highest BCUT2D eigenvalue weighted by Gasteiger charge is 2.22. The van der Waals surface area contributed by atoms with E-state index in [4.69, 9.17) is 15.9 Å². The molecule has 0 saturated heterocycles. The van der Waals surface area contributed by atoms with Crippen molar-refractivity contribution in [1.82, 2.24) is 10.6 Å². The third-order valence-electron chi connectivity index (χ3n) is 3.35. The van der Waals surface area contributed by atoms with Gasteiger partial charge in [-0.15, -0.1) is 9.63 Å². The molecule has 6 N–H and O–H groups in total. The molecule has 0 aliphatic heterocycles. The zero-order valence-corrected chi connectivity index (χ0v) is 15.9. The Labute approximate surface area is 169 Å². The molecule has 0 spiro atoms. The fourth-order valence-electron chi connectivity index (χ4n) is 1.84. The smallest absolute Gasteiger partial charge is 0.322 e. The number of hydrogen-bond acceptors (Lipinski definition) is 8. The molecule has 1 aromatic rings. The quantitative estimate of drug-likeness (QED) is 0.234. The van der Waals surface area contributed by atoms with Crippen LogP contribution in [0.4, 0.5) is 10.1 Å². The normalized spacial score (nSPS) is 12.9. The summed E-state index contributed by atoms with van der Waals surface area (Å²) in [4.78, 5) is 45.3. The summed E-state index contributed by atoms with van der Waals surface area (Å²) >= 11 is 0.817. The molecule has 0 aliphatic rings. The van der Waals surface area contributed by atoms with E-state index < -0.39 is 48.2 Å². The number of halogens is 1. The first kappa shape index (κ1) is 24.0. The summed E-state index contributed by atoms with van der Waals surface area (Å²) < 4.78 is 16.6. The maximum Gasteiger partial charge on any atom is 0.322 e. The van der Waals surface area contributed by atoms with E-state index in [0.717, 1.165) is 11.9 Å². The SMILES string of the molecule is N[C@@H](CCC(=O)N[C@@H](CSN=Nc1ccc([18F])cc1)C(=O)NCC(=O)O)C(=O)O. The third kappa shape index (κ3) is 10.2. The lowest BCUT2D eigenvalue weighted by atomic mass is 10.1. The number of nitrogens with one attached hydrogen (secondary N) is 2.